The first-order chi connectivity index (χ1) is 11.1. The van der Waals surface area contributed by atoms with Crippen LogP contribution in [0.25, 0.3) is 10.2 Å². The molecule has 0 bridgehead atoms. The number of hydrogen-bond acceptors (Lipinski definition) is 6. The van der Waals surface area contributed by atoms with E-state index >= 15 is 0 Å². The molecule has 0 saturated carbocycles. The number of thiazole rings is 1. The molecule has 3 rings (SSSR count). The summed E-state index contributed by atoms with van der Waals surface area (Å²) in [4.78, 5) is 18.3. The van der Waals surface area contributed by atoms with Crippen molar-refractivity contribution < 1.29 is 13.9 Å². The van der Waals surface area contributed by atoms with E-state index in [1.54, 1.807) is 23.5 Å². The molecular weight excluding hydrogens is 312 g/mol. The monoisotopic (exact) mass is 330 g/mol. The van der Waals surface area contributed by atoms with E-state index < -0.39 is 5.97 Å². The first-order valence-electron chi connectivity index (χ1n) is 7.31. The molecule has 0 aliphatic heterocycles. The van der Waals surface area contributed by atoms with Gasteiger partial charge in [0, 0.05) is 0 Å². The van der Waals surface area contributed by atoms with Gasteiger partial charge in [0.15, 0.2) is 0 Å². The third-order valence-corrected chi connectivity index (χ3v) is 4.99. The molecule has 1 atom stereocenters. The minimum Gasteiger partial charge on any atom is -0.463 e. The lowest BCUT2D eigenvalue weighted by Gasteiger charge is -2.21. The lowest BCUT2D eigenvalue weighted by atomic mass is 10.3. The first kappa shape index (κ1) is 15.7. The fourth-order valence-electron chi connectivity index (χ4n) is 2.31. The predicted octanol–water partition coefficient (Wildman–Crippen LogP) is 3.87. The number of nitrogens with zero attached hydrogens (tertiary/aromatic N) is 2. The van der Waals surface area contributed by atoms with Crippen molar-refractivity contribution in [3.63, 3.8) is 0 Å². The standard InChI is InChI=1S/C17H18N2O3S/c1-11(16-18-13-6-4-5-7-15(13)23-16)19(2)10-12-8-9-14(22-12)17(20)21-3/h4-9,11H,10H2,1-3H3/t11-/m0/s1. The van der Waals surface area contributed by atoms with Crippen LogP contribution in [0, 0.1) is 0 Å². The van der Waals surface area contributed by atoms with Crippen LogP contribution in [0.15, 0.2) is 40.8 Å². The molecule has 3 aromatic rings. The zero-order valence-corrected chi connectivity index (χ0v) is 14.1. The van der Waals surface area contributed by atoms with Gasteiger partial charge in [0.1, 0.15) is 10.8 Å². The molecule has 120 valence electrons. The number of hydrogen-bond donors (Lipinski definition) is 0. The van der Waals surface area contributed by atoms with Crippen LogP contribution in [0.4, 0.5) is 0 Å². The molecule has 1 aromatic carbocycles. The van der Waals surface area contributed by atoms with Crippen molar-refractivity contribution in [3.05, 3.63) is 52.9 Å². The number of aromatic nitrogens is 1. The van der Waals surface area contributed by atoms with Gasteiger partial charge < -0.3 is 9.15 Å². The van der Waals surface area contributed by atoms with Crippen molar-refractivity contribution >= 4 is 27.5 Å². The number of carbonyl (C=O) groups excluding carboxylic acids is 1. The molecular formula is C17H18N2O3S. The molecule has 0 aliphatic carbocycles. The summed E-state index contributed by atoms with van der Waals surface area (Å²) < 4.78 is 11.4. The number of fused-ring (bicyclic) bond motifs is 1. The normalized spacial score (nSPS) is 12.7. The van der Waals surface area contributed by atoms with Crippen molar-refractivity contribution in [2.75, 3.05) is 14.2 Å². The fourth-order valence-corrected chi connectivity index (χ4v) is 3.40. The van der Waals surface area contributed by atoms with E-state index in [-0.39, 0.29) is 11.8 Å². The number of furan rings is 1. The van der Waals surface area contributed by atoms with Crippen LogP contribution in [-0.4, -0.2) is 30.0 Å². The Bertz CT molecular complexity index is 791. The number of esters is 1. The van der Waals surface area contributed by atoms with Crippen LogP contribution in [0.5, 0.6) is 0 Å². The highest BCUT2D eigenvalue weighted by molar-refractivity contribution is 7.18. The highest BCUT2D eigenvalue weighted by Gasteiger charge is 2.18. The molecule has 0 amide bonds. The smallest absolute Gasteiger partial charge is 0.373 e. The Balaban J connectivity index is 1.73. The van der Waals surface area contributed by atoms with Crippen LogP contribution in [0.1, 0.15) is 34.3 Å². The molecule has 6 heteroatoms. The Kier molecular flexibility index (Phi) is 4.45. The number of para-hydroxylation sites is 1. The van der Waals surface area contributed by atoms with Gasteiger partial charge in [-0.15, -0.1) is 11.3 Å². The van der Waals surface area contributed by atoms with E-state index in [0.717, 1.165) is 16.3 Å². The molecule has 5 nitrogen and oxygen atoms in total. The van der Waals surface area contributed by atoms with Crippen LogP contribution >= 0.6 is 11.3 Å². The predicted molar refractivity (Wildman–Crippen MR) is 89.5 cm³/mol. The maximum atomic E-state index is 11.4. The van der Waals surface area contributed by atoms with Crippen LogP contribution in [0.2, 0.25) is 0 Å². The molecule has 2 heterocycles. The average Bonchev–Trinajstić information content (AvgIpc) is 3.19. The van der Waals surface area contributed by atoms with Crippen molar-refractivity contribution in [2.45, 2.75) is 19.5 Å². The third-order valence-electron chi connectivity index (χ3n) is 3.78. The van der Waals surface area contributed by atoms with Crippen LogP contribution < -0.4 is 0 Å². The molecule has 0 saturated heterocycles. The molecule has 0 aliphatic rings. The van der Waals surface area contributed by atoms with Crippen molar-refractivity contribution in [2.24, 2.45) is 0 Å². The molecule has 0 unspecified atom stereocenters. The fraction of sp³-hybridized carbons (Fsp3) is 0.294. The summed E-state index contributed by atoms with van der Waals surface area (Å²) in [6.45, 7) is 2.70. The van der Waals surface area contributed by atoms with Gasteiger partial charge >= 0.3 is 5.97 Å². The van der Waals surface area contributed by atoms with E-state index in [9.17, 15) is 4.79 Å². The lowest BCUT2D eigenvalue weighted by Crippen LogP contribution is -2.21. The van der Waals surface area contributed by atoms with E-state index in [0.29, 0.717) is 6.54 Å². The number of rotatable bonds is 5. The number of methoxy groups -OCH3 is 1. The van der Waals surface area contributed by atoms with Gasteiger partial charge in [0.05, 0.1) is 29.9 Å². The van der Waals surface area contributed by atoms with Gasteiger partial charge in [-0.25, -0.2) is 9.78 Å². The largest absolute Gasteiger partial charge is 0.463 e. The van der Waals surface area contributed by atoms with Gasteiger partial charge in [0.2, 0.25) is 5.76 Å². The van der Waals surface area contributed by atoms with Crippen LogP contribution in [0.3, 0.4) is 0 Å². The second-order valence-electron chi connectivity index (χ2n) is 5.37. The Morgan fingerprint density at radius 1 is 1.35 bits per heavy atom. The quantitative estimate of drug-likeness (QED) is 0.665. The van der Waals surface area contributed by atoms with E-state index in [2.05, 4.69) is 22.6 Å². The summed E-state index contributed by atoms with van der Waals surface area (Å²) in [7, 11) is 3.35. The summed E-state index contributed by atoms with van der Waals surface area (Å²) in [6.07, 6.45) is 0. The van der Waals surface area contributed by atoms with Gasteiger partial charge in [0.25, 0.3) is 0 Å². The van der Waals surface area contributed by atoms with Crippen molar-refractivity contribution in [1.82, 2.24) is 9.88 Å². The zero-order valence-electron chi connectivity index (χ0n) is 13.3. The van der Waals surface area contributed by atoms with Gasteiger partial charge in [-0.3, -0.25) is 4.90 Å². The van der Waals surface area contributed by atoms with E-state index in [1.807, 2.05) is 25.2 Å². The summed E-state index contributed by atoms with van der Waals surface area (Å²) in [5.74, 6) is 0.488. The number of carbonyl (C=O) groups is 1. The average molecular weight is 330 g/mol. The lowest BCUT2D eigenvalue weighted by molar-refractivity contribution is 0.0561. The Morgan fingerprint density at radius 3 is 2.87 bits per heavy atom. The molecule has 0 fully saturated rings. The van der Waals surface area contributed by atoms with Gasteiger partial charge in [-0.2, -0.15) is 0 Å². The topological polar surface area (TPSA) is 55.6 Å². The third kappa shape index (κ3) is 3.28. The molecule has 0 spiro atoms. The van der Waals surface area contributed by atoms with Crippen molar-refractivity contribution in [3.8, 4) is 0 Å². The van der Waals surface area contributed by atoms with Gasteiger partial charge in [-0.05, 0) is 38.2 Å². The minimum absolute atomic E-state index is 0.152. The highest BCUT2D eigenvalue weighted by atomic mass is 32.1. The summed E-state index contributed by atoms with van der Waals surface area (Å²) in [6, 6.07) is 11.7. The molecule has 2 aromatic heterocycles. The van der Waals surface area contributed by atoms with Crippen molar-refractivity contribution in [1.29, 1.82) is 0 Å². The van der Waals surface area contributed by atoms with Crippen LogP contribution in [-0.2, 0) is 11.3 Å². The maximum Gasteiger partial charge on any atom is 0.373 e. The summed E-state index contributed by atoms with van der Waals surface area (Å²) >= 11 is 1.70. The SMILES string of the molecule is COC(=O)c1ccc(CN(C)[C@@H](C)c2nc3ccccc3s2)o1. The van der Waals surface area contributed by atoms with Gasteiger partial charge in [-0.1, -0.05) is 12.1 Å². The zero-order chi connectivity index (χ0) is 16.4. The molecule has 0 radical (unpaired) electrons. The maximum absolute atomic E-state index is 11.4. The number of benzene rings is 1. The number of ether oxygens (including phenoxy) is 1. The minimum atomic E-state index is -0.460. The second-order valence-corrected chi connectivity index (χ2v) is 6.43. The summed E-state index contributed by atoms with van der Waals surface area (Å²) in [5.41, 5.74) is 1.03. The van der Waals surface area contributed by atoms with E-state index in [1.165, 1.54) is 11.8 Å². The first-order valence-corrected chi connectivity index (χ1v) is 8.13. The Morgan fingerprint density at radius 2 is 2.13 bits per heavy atom. The summed E-state index contributed by atoms with van der Waals surface area (Å²) in [5, 5.41) is 1.06. The molecule has 0 N–H and O–H groups in total. The molecule has 23 heavy (non-hydrogen) atoms. The Hall–Kier alpha value is -2.18. The van der Waals surface area contributed by atoms with E-state index in [4.69, 9.17) is 9.40 Å². The second kappa shape index (κ2) is 6.52. The Labute approximate surface area is 138 Å². The highest BCUT2D eigenvalue weighted by Crippen LogP contribution is 2.29.